The molecular formula is C17H28N2S. The third-order valence-electron chi connectivity index (χ3n) is 4.14. The summed E-state index contributed by atoms with van der Waals surface area (Å²) in [5.41, 5.74) is 0.338. The summed E-state index contributed by atoms with van der Waals surface area (Å²) in [5.74, 6) is 1.17. The number of hydrogen-bond acceptors (Lipinski definition) is 3. The highest BCUT2D eigenvalue weighted by molar-refractivity contribution is 7.99. The average Bonchev–Trinajstić information content (AvgIpc) is 2.41. The molecule has 1 aromatic carbocycles. The average molecular weight is 292 g/mol. The van der Waals surface area contributed by atoms with Crippen LogP contribution in [0.5, 0.6) is 0 Å². The molecule has 0 amide bonds. The van der Waals surface area contributed by atoms with Crippen molar-refractivity contribution in [3.8, 4) is 0 Å². The summed E-state index contributed by atoms with van der Waals surface area (Å²) in [6, 6.07) is 12.0. The van der Waals surface area contributed by atoms with Gasteiger partial charge in [0, 0.05) is 42.4 Å². The van der Waals surface area contributed by atoms with E-state index in [0.717, 1.165) is 6.54 Å². The van der Waals surface area contributed by atoms with E-state index in [9.17, 15) is 0 Å². The molecular weight excluding hydrogens is 264 g/mol. The Morgan fingerprint density at radius 3 is 2.60 bits per heavy atom. The molecule has 1 heterocycles. The highest BCUT2D eigenvalue weighted by Gasteiger charge is 2.31. The zero-order chi connectivity index (χ0) is 14.6. The molecule has 0 radical (unpaired) electrons. The zero-order valence-corrected chi connectivity index (χ0v) is 14.0. The smallest absolute Gasteiger partial charge is 0.0244 e. The van der Waals surface area contributed by atoms with E-state index in [1.54, 1.807) is 0 Å². The molecule has 1 aromatic rings. The summed E-state index contributed by atoms with van der Waals surface area (Å²) in [5, 5.41) is 3.70. The van der Waals surface area contributed by atoms with E-state index in [2.05, 4.69) is 68.2 Å². The third-order valence-corrected chi connectivity index (χ3v) is 5.13. The first-order chi connectivity index (χ1) is 9.47. The molecule has 1 saturated heterocycles. The van der Waals surface area contributed by atoms with Crippen molar-refractivity contribution < 1.29 is 0 Å². The van der Waals surface area contributed by atoms with E-state index >= 15 is 0 Å². The minimum Gasteiger partial charge on any atom is -0.311 e. The van der Waals surface area contributed by atoms with Crippen LogP contribution in [0.3, 0.4) is 0 Å². The van der Waals surface area contributed by atoms with Crippen LogP contribution in [-0.4, -0.2) is 42.4 Å². The highest BCUT2D eigenvalue weighted by atomic mass is 32.2. The third kappa shape index (κ3) is 4.51. The monoisotopic (exact) mass is 292 g/mol. The fourth-order valence-corrected chi connectivity index (χ4v) is 3.52. The number of nitrogens with zero attached hydrogens (tertiary/aromatic N) is 1. The maximum Gasteiger partial charge on any atom is 0.0244 e. The number of benzene rings is 1. The molecule has 0 saturated carbocycles. The van der Waals surface area contributed by atoms with Crippen LogP contribution in [0.1, 0.15) is 27.7 Å². The van der Waals surface area contributed by atoms with E-state index < -0.39 is 0 Å². The van der Waals surface area contributed by atoms with Gasteiger partial charge >= 0.3 is 0 Å². The second-order valence-corrected chi connectivity index (χ2v) is 8.00. The van der Waals surface area contributed by atoms with Gasteiger partial charge < -0.3 is 5.32 Å². The van der Waals surface area contributed by atoms with Crippen molar-refractivity contribution in [3.63, 3.8) is 0 Å². The molecule has 0 bridgehead atoms. The lowest BCUT2D eigenvalue weighted by atomic mass is 9.85. The quantitative estimate of drug-likeness (QED) is 0.855. The van der Waals surface area contributed by atoms with Crippen molar-refractivity contribution in [1.82, 2.24) is 10.2 Å². The Morgan fingerprint density at radius 2 is 1.95 bits per heavy atom. The van der Waals surface area contributed by atoms with Crippen LogP contribution in [0, 0.1) is 5.41 Å². The van der Waals surface area contributed by atoms with Gasteiger partial charge in [-0.3, -0.25) is 4.90 Å². The first kappa shape index (κ1) is 15.9. The maximum atomic E-state index is 3.70. The Hall–Kier alpha value is -0.510. The molecule has 1 N–H and O–H groups in total. The molecule has 112 valence electrons. The fourth-order valence-electron chi connectivity index (χ4n) is 2.61. The van der Waals surface area contributed by atoms with Crippen LogP contribution < -0.4 is 5.32 Å². The fraction of sp³-hybridized carbons (Fsp3) is 0.647. The Morgan fingerprint density at radius 1 is 1.25 bits per heavy atom. The molecule has 2 unspecified atom stereocenters. The number of piperazine rings is 1. The summed E-state index contributed by atoms with van der Waals surface area (Å²) in [4.78, 5) is 4.02. The van der Waals surface area contributed by atoms with Crippen LogP contribution in [0.15, 0.2) is 35.2 Å². The van der Waals surface area contributed by atoms with Crippen LogP contribution >= 0.6 is 11.8 Å². The van der Waals surface area contributed by atoms with Crippen LogP contribution in [0.25, 0.3) is 0 Å². The Labute approximate surface area is 128 Å². The minimum absolute atomic E-state index is 0.338. The number of nitrogens with one attached hydrogen (secondary N) is 1. The van der Waals surface area contributed by atoms with Crippen molar-refractivity contribution in [2.24, 2.45) is 5.41 Å². The van der Waals surface area contributed by atoms with E-state index in [4.69, 9.17) is 0 Å². The van der Waals surface area contributed by atoms with Gasteiger partial charge in [0.25, 0.3) is 0 Å². The van der Waals surface area contributed by atoms with Crippen LogP contribution in [-0.2, 0) is 0 Å². The number of hydrogen-bond donors (Lipinski definition) is 1. The summed E-state index contributed by atoms with van der Waals surface area (Å²) < 4.78 is 0. The molecule has 0 aromatic heterocycles. The Kier molecular flexibility index (Phi) is 5.53. The van der Waals surface area contributed by atoms with Gasteiger partial charge in [0.05, 0.1) is 0 Å². The minimum atomic E-state index is 0.338. The van der Waals surface area contributed by atoms with Crippen LogP contribution in [0.2, 0.25) is 0 Å². The van der Waals surface area contributed by atoms with Gasteiger partial charge in [-0.15, -0.1) is 11.8 Å². The van der Waals surface area contributed by atoms with Gasteiger partial charge in [-0.05, 0) is 24.5 Å². The van der Waals surface area contributed by atoms with Crippen molar-refractivity contribution in [3.05, 3.63) is 30.3 Å². The van der Waals surface area contributed by atoms with E-state index in [1.807, 2.05) is 11.8 Å². The molecule has 0 aliphatic carbocycles. The van der Waals surface area contributed by atoms with Crippen molar-refractivity contribution in [2.45, 2.75) is 44.7 Å². The lowest BCUT2D eigenvalue weighted by Crippen LogP contribution is -2.59. The molecule has 2 rings (SSSR count). The molecule has 0 spiro atoms. The zero-order valence-electron chi connectivity index (χ0n) is 13.2. The van der Waals surface area contributed by atoms with Crippen molar-refractivity contribution in [1.29, 1.82) is 0 Å². The predicted molar refractivity (Wildman–Crippen MR) is 89.4 cm³/mol. The molecule has 2 atom stereocenters. The van der Waals surface area contributed by atoms with Crippen LogP contribution in [0.4, 0.5) is 0 Å². The Balaban J connectivity index is 1.81. The molecule has 1 aliphatic heterocycles. The van der Waals surface area contributed by atoms with E-state index in [-0.39, 0.29) is 0 Å². The summed E-state index contributed by atoms with van der Waals surface area (Å²) in [7, 11) is 0. The van der Waals surface area contributed by atoms with Crippen molar-refractivity contribution in [2.75, 3.05) is 25.4 Å². The first-order valence-electron chi connectivity index (χ1n) is 7.62. The molecule has 1 aliphatic rings. The SMILES string of the molecule is CC1CNC(C(C)(C)C)CN1CCSc1ccccc1. The molecule has 2 nitrogen and oxygen atoms in total. The molecule has 20 heavy (non-hydrogen) atoms. The second kappa shape index (κ2) is 6.97. The molecule has 3 heteroatoms. The maximum absolute atomic E-state index is 3.70. The highest BCUT2D eigenvalue weighted by Crippen LogP contribution is 2.24. The van der Waals surface area contributed by atoms with Gasteiger partial charge in [0.1, 0.15) is 0 Å². The summed E-state index contributed by atoms with van der Waals surface area (Å²) >= 11 is 1.96. The van der Waals surface area contributed by atoms with Gasteiger partial charge in [-0.2, -0.15) is 0 Å². The van der Waals surface area contributed by atoms with Gasteiger partial charge in [-0.25, -0.2) is 0 Å². The second-order valence-electron chi connectivity index (χ2n) is 6.83. The van der Waals surface area contributed by atoms with E-state index in [0.29, 0.717) is 17.5 Å². The lowest BCUT2D eigenvalue weighted by molar-refractivity contribution is 0.0996. The van der Waals surface area contributed by atoms with Gasteiger partial charge in [0.2, 0.25) is 0 Å². The summed E-state index contributed by atoms with van der Waals surface area (Å²) in [6.07, 6.45) is 0. The van der Waals surface area contributed by atoms with Gasteiger partial charge in [-0.1, -0.05) is 39.0 Å². The topological polar surface area (TPSA) is 15.3 Å². The lowest BCUT2D eigenvalue weighted by Gasteiger charge is -2.44. The normalized spacial score (nSPS) is 24.8. The largest absolute Gasteiger partial charge is 0.311 e. The van der Waals surface area contributed by atoms with Gasteiger partial charge in [0.15, 0.2) is 0 Å². The number of thioether (sulfide) groups is 1. The van der Waals surface area contributed by atoms with Crippen molar-refractivity contribution >= 4 is 11.8 Å². The standard InChI is InChI=1S/C17H28N2S/c1-14-12-18-16(17(2,3)4)13-19(14)10-11-20-15-8-6-5-7-9-15/h5-9,14,16,18H,10-13H2,1-4H3. The summed E-state index contributed by atoms with van der Waals surface area (Å²) in [6.45, 7) is 12.8. The Bertz CT molecular complexity index is 399. The predicted octanol–water partition coefficient (Wildman–Crippen LogP) is 3.49. The van der Waals surface area contributed by atoms with E-state index in [1.165, 1.54) is 23.7 Å². The first-order valence-corrected chi connectivity index (χ1v) is 8.60. The number of rotatable bonds is 4. The molecule has 1 fully saturated rings.